The van der Waals surface area contributed by atoms with Gasteiger partial charge in [0.2, 0.25) is 11.9 Å². The van der Waals surface area contributed by atoms with Crippen molar-refractivity contribution in [2.24, 2.45) is 5.92 Å². The number of carbonyl (C=O) groups excluding carboxylic acids is 1. The van der Waals surface area contributed by atoms with Crippen molar-refractivity contribution in [3.63, 3.8) is 0 Å². The lowest BCUT2D eigenvalue weighted by Gasteiger charge is -2.39. The molecule has 0 radical (unpaired) electrons. The van der Waals surface area contributed by atoms with Gasteiger partial charge in [-0.1, -0.05) is 68.4 Å². The lowest BCUT2D eigenvalue weighted by Crippen LogP contribution is -2.44. The molecule has 3 N–H and O–H groups in total. The molecule has 0 bridgehead atoms. The Bertz CT molecular complexity index is 1880. The van der Waals surface area contributed by atoms with Gasteiger partial charge >= 0.3 is 0 Å². The van der Waals surface area contributed by atoms with Crippen molar-refractivity contribution in [3.8, 4) is 11.5 Å². The number of hydrogen-bond acceptors (Lipinski definition) is 9. The maximum Gasteiger partial charge on any atom is 0.280 e. The lowest BCUT2D eigenvalue weighted by molar-refractivity contribution is -0.118. The number of halogens is 1. The highest BCUT2D eigenvalue weighted by Gasteiger charge is 2.52. The van der Waals surface area contributed by atoms with Crippen LogP contribution in [-0.4, -0.2) is 69.7 Å². The van der Waals surface area contributed by atoms with Gasteiger partial charge in [-0.25, -0.2) is 9.37 Å². The number of aliphatic hydroxyl groups is 1. The van der Waals surface area contributed by atoms with E-state index in [4.69, 9.17) is 18.9 Å². The first-order chi connectivity index (χ1) is 23.2. The van der Waals surface area contributed by atoms with Crippen LogP contribution in [0.3, 0.4) is 0 Å². The summed E-state index contributed by atoms with van der Waals surface area (Å²) in [6.45, 7) is 2.81. The fourth-order valence-electron chi connectivity index (χ4n) is 5.87. The number of aromatic amines is 1. The molecule has 3 heterocycles. The molecule has 12 nitrogen and oxygen atoms in total. The molecule has 0 unspecified atom stereocenters. The Morgan fingerprint density at radius 1 is 1.00 bits per heavy atom. The molecule has 3 aromatic carbocycles. The Morgan fingerprint density at radius 3 is 2.12 bits per heavy atom. The van der Waals surface area contributed by atoms with Gasteiger partial charge < -0.3 is 24.1 Å². The molecule has 1 saturated heterocycles. The first-order valence-electron chi connectivity index (χ1n) is 15.4. The third-order valence-corrected chi connectivity index (χ3v) is 8.41. The molecule has 1 aliphatic rings. The molecule has 6 rings (SSSR count). The summed E-state index contributed by atoms with van der Waals surface area (Å²) in [5.74, 6) is 0.375. The summed E-state index contributed by atoms with van der Waals surface area (Å²) in [6.07, 6.45) is -4.49. The number of aliphatic hydroxyl groups excluding tert-OH is 1. The Balaban J connectivity index is 1.46. The zero-order valence-electron chi connectivity index (χ0n) is 26.8. The van der Waals surface area contributed by atoms with Crippen molar-refractivity contribution in [2.75, 3.05) is 26.1 Å². The van der Waals surface area contributed by atoms with E-state index in [9.17, 15) is 14.7 Å². The highest BCUT2D eigenvalue weighted by molar-refractivity contribution is 5.91. The van der Waals surface area contributed by atoms with E-state index < -0.39 is 42.4 Å². The van der Waals surface area contributed by atoms with Crippen LogP contribution in [-0.2, 0) is 19.9 Å². The fraction of sp³-hybridized carbons (Fsp3) is 0.314. The number of aromatic nitrogens is 4. The van der Waals surface area contributed by atoms with Crippen LogP contribution < -0.4 is 20.3 Å². The van der Waals surface area contributed by atoms with Gasteiger partial charge in [0, 0.05) is 5.92 Å². The molecule has 0 aliphatic carbocycles. The van der Waals surface area contributed by atoms with Crippen molar-refractivity contribution >= 4 is 23.0 Å². The zero-order valence-corrected chi connectivity index (χ0v) is 26.8. The summed E-state index contributed by atoms with van der Waals surface area (Å²) in [6, 6.07) is 23.9. The minimum atomic E-state index is -1.88. The van der Waals surface area contributed by atoms with E-state index in [-0.39, 0.29) is 28.9 Å². The average Bonchev–Trinajstić information content (AvgIpc) is 3.67. The summed E-state index contributed by atoms with van der Waals surface area (Å²) in [4.78, 5) is 36.2. The molecule has 1 aliphatic heterocycles. The number of H-pyrrole nitrogens is 1. The number of carbonyl (C=O) groups is 1. The normalized spacial score (nSPS) is 19.5. The van der Waals surface area contributed by atoms with Gasteiger partial charge in [0.05, 0.1) is 27.2 Å². The predicted molar refractivity (Wildman–Crippen MR) is 175 cm³/mol. The summed E-state index contributed by atoms with van der Waals surface area (Å²) in [5, 5.41) is 13.1. The largest absolute Gasteiger partial charge is 0.497 e. The van der Waals surface area contributed by atoms with Crippen molar-refractivity contribution in [3.05, 3.63) is 112 Å². The Labute approximate surface area is 275 Å². The third-order valence-electron chi connectivity index (χ3n) is 8.41. The lowest BCUT2D eigenvalue weighted by atomic mass is 9.79. The van der Waals surface area contributed by atoms with Crippen LogP contribution in [0.1, 0.15) is 36.8 Å². The number of alkyl halides is 1. The molecule has 48 heavy (non-hydrogen) atoms. The second-order valence-electron chi connectivity index (χ2n) is 11.7. The van der Waals surface area contributed by atoms with Crippen molar-refractivity contribution in [1.82, 2.24) is 19.5 Å². The van der Waals surface area contributed by atoms with Crippen molar-refractivity contribution in [2.45, 2.75) is 44.1 Å². The number of nitrogens with zero attached hydrogens (tertiary/aromatic N) is 3. The SMILES string of the molecule is COc1ccc(C(O[C@H]2[C@@H](F)[C@H](n3cnc4c(=O)[nH]c(NC(=O)C(C)C)nc43)O[C@@H]2CO)(c2ccccc2)c2ccc(OC)cc2)cc1. The van der Waals surface area contributed by atoms with Crippen LogP contribution in [0, 0.1) is 5.92 Å². The van der Waals surface area contributed by atoms with Crippen LogP contribution in [0.25, 0.3) is 11.2 Å². The van der Waals surface area contributed by atoms with Crippen LogP contribution in [0.15, 0.2) is 90.0 Å². The zero-order chi connectivity index (χ0) is 34.0. The molecule has 4 atom stereocenters. The van der Waals surface area contributed by atoms with Crippen molar-refractivity contribution < 1.29 is 33.2 Å². The molecule has 2 aromatic heterocycles. The Morgan fingerprint density at radius 2 is 1.58 bits per heavy atom. The highest BCUT2D eigenvalue weighted by atomic mass is 19.1. The van der Waals surface area contributed by atoms with Gasteiger partial charge in [0.25, 0.3) is 5.56 Å². The number of methoxy groups -OCH3 is 2. The number of imidazole rings is 1. The van der Waals surface area contributed by atoms with Crippen LogP contribution in [0.2, 0.25) is 0 Å². The monoisotopic (exact) mass is 657 g/mol. The van der Waals surface area contributed by atoms with Crippen LogP contribution in [0.4, 0.5) is 10.3 Å². The van der Waals surface area contributed by atoms with Gasteiger partial charge in [0.15, 0.2) is 23.6 Å². The number of benzene rings is 3. The van der Waals surface area contributed by atoms with E-state index >= 15 is 4.39 Å². The minimum Gasteiger partial charge on any atom is -0.497 e. The van der Waals surface area contributed by atoms with Crippen LogP contribution in [0.5, 0.6) is 11.5 Å². The molecule has 0 spiro atoms. The van der Waals surface area contributed by atoms with E-state index in [0.29, 0.717) is 28.2 Å². The quantitative estimate of drug-likeness (QED) is 0.176. The van der Waals surface area contributed by atoms with Crippen molar-refractivity contribution in [1.29, 1.82) is 0 Å². The van der Waals surface area contributed by atoms with Gasteiger partial charge in [-0.2, -0.15) is 4.98 Å². The standard InChI is InChI=1S/C35H36FN5O7/c1-20(2)31(43)39-34-38-30-28(32(44)40-34)37-19-41(30)33-27(36)29(26(18-42)47-33)48-35(21-8-6-5-7-9-21,22-10-14-24(45-3)15-11-22)23-12-16-25(46-4)17-13-23/h5-17,19-20,26-27,29,33,42H,18H2,1-4H3,(H2,38,39,40,43,44)/t26-,27-,29-,33-/m1/s1. The molecule has 13 heteroatoms. The summed E-state index contributed by atoms with van der Waals surface area (Å²) >= 11 is 0. The van der Waals surface area contributed by atoms with Gasteiger partial charge in [-0.3, -0.25) is 24.5 Å². The van der Waals surface area contributed by atoms with E-state index in [2.05, 4.69) is 20.3 Å². The second-order valence-corrected chi connectivity index (χ2v) is 11.7. The smallest absolute Gasteiger partial charge is 0.280 e. The third kappa shape index (κ3) is 5.91. The predicted octanol–water partition coefficient (Wildman–Crippen LogP) is 4.34. The molecule has 1 fully saturated rings. The Kier molecular flexibility index (Phi) is 9.27. The molecule has 250 valence electrons. The number of hydrogen-bond donors (Lipinski definition) is 3. The van der Waals surface area contributed by atoms with Gasteiger partial charge in [-0.05, 0) is 41.0 Å². The molecular weight excluding hydrogens is 621 g/mol. The average molecular weight is 658 g/mol. The maximum absolute atomic E-state index is 17.0. The van der Waals surface area contributed by atoms with E-state index in [0.717, 1.165) is 0 Å². The first-order valence-corrected chi connectivity index (χ1v) is 15.4. The number of ether oxygens (including phenoxy) is 4. The highest BCUT2D eigenvalue weighted by Crippen LogP contribution is 2.46. The molecule has 0 saturated carbocycles. The molecular formula is C35H36FN5O7. The molecule has 1 amide bonds. The number of nitrogens with one attached hydrogen (secondary N) is 2. The first kappa shape index (κ1) is 32.8. The maximum atomic E-state index is 17.0. The summed E-state index contributed by atoms with van der Waals surface area (Å²) in [5.41, 5.74) is -0.0889. The summed E-state index contributed by atoms with van der Waals surface area (Å²) < 4.78 is 42.2. The van der Waals surface area contributed by atoms with E-state index in [1.165, 1.54) is 10.9 Å². The summed E-state index contributed by atoms with van der Waals surface area (Å²) in [7, 11) is 3.14. The number of amides is 1. The number of rotatable bonds is 11. The minimum absolute atomic E-state index is 0.0116. The van der Waals surface area contributed by atoms with E-state index in [1.54, 1.807) is 52.3 Å². The van der Waals surface area contributed by atoms with Gasteiger partial charge in [-0.15, -0.1) is 0 Å². The van der Waals surface area contributed by atoms with Crippen LogP contribution >= 0.6 is 0 Å². The van der Waals surface area contributed by atoms with Gasteiger partial charge in [0.1, 0.15) is 29.3 Å². The Hall–Kier alpha value is -5.11. The number of fused-ring (bicyclic) bond motifs is 1. The second kappa shape index (κ2) is 13.6. The topological polar surface area (TPSA) is 150 Å². The molecule has 5 aromatic rings. The fourth-order valence-corrected chi connectivity index (χ4v) is 5.87. The number of anilines is 1. The van der Waals surface area contributed by atoms with E-state index in [1.807, 2.05) is 54.6 Å².